The van der Waals surface area contributed by atoms with Crippen molar-refractivity contribution < 1.29 is 27.4 Å². The number of nitrogens with one attached hydrogen (secondary N) is 1. The Kier molecular flexibility index (Phi) is 5.73. The normalized spacial score (nSPS) is 20.1. The zero-order chi connectivity index (χ0) is 20.3. The van der Waals surface area contributed by atoms with Crippen LogP contribution in [0.1, 0.15) is 12.6 Å². The highest BCUT2D eigenvalue weighted by atomic mass is 19.4. The second-order valence-corrected chi connectivity index (χ2v) is 6.28. The molecule has 0 spiro atoms. The first-order valence-electron chi connectivity index (χ1n) is 8.58. The maximum atomic E-state index is 13.0. The van der Waals surface area contributed by atoms with E-state index in [9.17, 15) is 18.0 Å². The predicted octanol–water partition coefficient (Wildman–Crippen LogP) is 2.14. The molecule has 3 rings (SSSR count). The van der Waals surface area contributed by atoms with Crippen molar-refractivity contribution in [2.24, 2.45) is 0 Å². The predicted molar refractivity (Wildman–Crippen MR) is 92.1 cm³/mol. The Labute approximate surface area is 159 Å². The van der Waals surface area contributed by atoms with Gasteiger partial charge in [0.05, 0.1) is 38.2 Å². The molecule has 1 aliphatic rings. The third-order valence-corrected chi connectivity index (χ3v) is 4.44. The monoisotopic (exact) mass is 399 g/mol. The van der Waals surface area contributed by atoms with Crippen LogP contribution in [0.5, 0.6) is 5.75 Å². The van der Waals surface area contributed by atoms with Crippen LogP contribution < -0.4 is 10.1 Å². The van der Waals surface area contributed by atoms with Gasteiger partial charge in [0, 0.05) is 6.54 Å². The van der Waals surface area contributed by atoms with Gasteiger partial charge in [-0.1, -0.05) is 5.21 Å². The molecule has 1 aliphatic heterocycles. The molecule has 0 bridgehead atoms. The number of aromatic nitrogens is 3. The molecule has 0 aliphatic carbocycles. The summed E-state index contributed by atoms with van der Waals surface area (Å²) in [7, 11) is 1.57. The molecule has 1 saturated heterocycles. The van der Waals surface area contributed by atoms with E-state index < -0.39 is 24.4 Å². The van der Waals surface area contributed by atoms with E-state index in [1.807, 2.05) is 0 Å². The summed E-state index contributed by atoms with van der Waals surface area (Å²) in [6.07, 6.45) is -4.90. The Balaban J connectivity index is 1.59. The number of nitrogens with zero attached hydrogens (tertiary/aromatic N) is 4. The number of amides is 2. The van der Waals surface area contributed by atoms with Crippen LogP contribution in [-0.2, 0) is 11.3 Å². The zero-order valence-electron chi connectivity index (χ0n) is 15.3. The number of carbonyl (C=O) groups excluding carboxylic acids is 1. The first-order valence-corrected chi connectivity index (χ1v) is 8.58. The molecule has 2 aromatic rings. The Morgan fingerprint density at radius 3 is 2.71 bits per heavy atom. The summed E-state index contributed by atoms with van der Waals surface area (Å²) >= 11 is 0. The number of methoxy groups -OCH3 is 1. The summed E-state index contributed by atoms with van der Waals surface area (Å²) in [6.45, 7) is 1.26. The molecule has 0 saturated carbocycles. The number of hydrogen-bond donors (Lipinski definition) is 1. The average Bonchev–Trinajstić information content (AvgIpc) is 3.14. The van der Waals surface area contributed by atoms with Gasteiger partial charge in [-0.3, -0.25) is 0 Å². The second kappa shape index (κ2) is 8.05. The van der Waals surface area contributed by atoms with Gasteiger partial charge in [0.15, 0.2) is 6.10 Å². The van der Waals surface area contributed by atoms with Crippen LogP contribution in [0, 0.1) is 0 Å². The summed E-state index contributed by atoms with van der Waals surface area (Å²) in [5.41, 5.74) is 1.22. The standard InChI is InChI=1S/C17H20F3N5O3/c1-11-15(17(18,19)20)28-8-7-24(11)16(26)21-9-12-10-25(23-22-12)13-3-5-14(27-2)6-4-13/h3-6,10-11,15H,7-9H2,1-2H3,(H,21,26). The largest absolute Gasteiger partial charge is 0.497 e. The molecule has 8 nitrogen and oxygen atoms in total. The van der Waals surface area contributed by atoms with Crippen LogP contribution in [0.2, 0.25) is 0 Å². The number of carbonyl (C=O) groups is 1. The van der Waals surface area contributed by atoms with Gasteiger partial charge >= 0.3 is 12.2 Å². The molecule has 2 atom stereocenters. The highest BCUT2D eigenvalue weighted by Gasteiger charge is 2.49. The third-order valence-electron chi connectivity index (χ3n) is 4.44. The molecule has 2 amide bonds. The van der Waals surface area contributed by atoms with Crippen molar-refractivity contribution in [3.05, 3.63) is 36.2 Å². The zero-order valence-corrected chi connectivity index (χ0v) is 15.3. The van der Waals surface area contributed by atoms with E-state index >= 15 is 0 Å². The molecule has 1 aromatic heterocycles. The number of alkyl halides is 3. The third kappa shape index (κ3) is 4.35. The molecular weight excluding hydrogens is 379 g/mol. The first kappa shape index (κ1) is 19.9. The number of hydrogen-bond acceptors (Lipinski definition) is 5. The van der Waals surface area contributed by atoms with Crippen molar-refractivity contribution in [2.75, 3.05) is 20.3 Å². The molecule has 1 fully saturated rings. The van der Waals surface area contributed by atoms with Crippen LogP contribution in [0.25, 0.3) is 5.69 Å². The van der Waals surface area contributed by atoms with Gasteiger partial charge < -0.3 is 19.7 Å². The van der Waals surface area contributed by atoms with E-state index in [1.54, 1.807) is 37.6 Å². The lowest BCUT2D eigenvalue weighted by molar-refractivity contribution is -0.246. The smallest absolute Gasteiger partial charge is 0.416 e. The summed E-state index contributed by atoms with van der Waals surface area (Å²) in [5, 5.41) is 10.5. The topological polar surface area (TPSA) is 81.5 Å². The summed E-state index contributed by atoms with van der Waals surface area (Å²) < 4.78 is 50.3. The Morgan fingerprint density at radius 1 is 1.36 bits per heavy atom. The van der Waals surface area contributed by atoms with Gasteiger partial charge in [-0.25, -0.2) is 9.48 Å². The molecule has 2 unspecified atom stereocenters. The lowest BCUT2D eigenvalue weighted by atomic mass is 10.1. The Hall–Kier alpha value is -2.82. The highest BCUT2D eigenvalue weighted by Crippen LogP contribution is 2.30. The quantitative estimate of drug-likeness (QED) is 0.852. The maximum Gasteiger partial charge on any atom is 0.416 e. The van der Waals surface area contributed by atoms with Gasteiger partial charge in [0.2, 0.25) is 0 Å². The van der Waals surface area contributed by atoms with E-state index in [4.69, 9.17) is 9.47 Å². The van der Waals surface area contributed by atoms with Crippen molar-refractivity contribution in [2.45, 2.75) is 31.8 Å². The molecule has 28 heavy (non-hydrogen) atoms. The van der Waals surface area contributed by atoms with Crippen LogP contribution in [0.15, 0.2) is 30.5 Å². The van der Waals surface area contributed by atoms with Crippen LogP contribution in [0.4, 0.5) is 18.0 Å². The maximum absolute atomic E-state index is 13.0. The number of benzene rings is 1. The fraction of sp³-hybridized carbons (Fsp3) is 0.471. The average molecular weight is 399 g/mol. The fourth-order valence-electron chi connectivity index (χ4n) is 2.95. The molecule has 11 heteroatoms. The van der Waals surface area contributed by atoms with E-state index in [-0.39, 0.29) is 19.7 Å². The molecular formula is C17H20F3N5O3. The highest BCUT2D eigenvalue weighted by molar-refractivity contribution is 5.74. The SMILES string of the molecule is COc1ccc(-n2cc(CNC(=O)N3CCOC(C(F)(F)F)C3C)nn2)cc1. The van der Waals surface area contributed by atoms with Gasteiger partial charge in [-0.05, 0) is 31.2 Å². The van der Waals surface area contributed by atoms with Gasteiger partial charge in [-0.2, -0.15) is 13.2 Å². The minimum absolute atomic E-state index is 0.0375. The minimum Gasteiger partial charge on any atom is -0.497 e. The first-order chi connectivity index (χ1) is 13.3. The molecule has 152 valence electrons. The fourth-order valence-corrected chi connectivity index (χ4v) is 2.95. The summed E-state index contributed by atoms with van der Waals surface area (Å²) in [5.74, 6) is 0.702. The number of urea groups is 1. The van der Waals surface area contributed by atoms with E-state index in [1.165, 1.54) is 11.6 Å². The van der Waals surface area contributed by atoms with Crippen LogP contribution in [0.3, 0.4) is 0 Å². The Bertz CT molecular complexity index is 809. The second-order valence-electron chi connectivity index (χ2n) is 6.28. The van der Waals surface area contributed by atoms with Crippen molar-refractivity contribution in [1.82, 2.24) is 25.2 Å². The van der Waals surface area contributed by atoms with Gasteiger partial charge in [0.25, 0.3) is 0 Å². The number of rotatable bonds is 4. The Morgan fingerprint density at radius 2 is 2.07 bits per heavy atom. The molecule has 1 aromatic carbocycles. The van der Waals surface area contributed by atoms with E-state index in [2.05, 4.69) is 15.6 Å². The van der Waals surface area contributed by atoms with Gasteiger partial charge in [0.1, 0.15) is 11.4 Å². The molecule has 1 N–H and O–H groups in total. The van der Waals surface area contributed by atoms with Crippen LogP contribution >= 0.6 is 0 Å². The number of morpholine rings is 1. The lowest BCUT2D eigenvalue weighted by Crippen LogP contribution is -2.59. The van der Waals surface area contributed by atoms with Gasteiger partial charge in [-0.15, -0.1) is 5.10 Å². The number of halogens is 3. The summed E-state index contributed by atoms with van der Waals surface area (Å²) in [4.78, 5) is 13.4. The van der Waals surface area contributed by atoms with E-state index in [0.29, 0.717) is 11.4 Å². The molecule has 0 radical (unpaired) electrons. The molecule has 2 heterocycles. The summed E-state index contributed by atoms with van der Waals surface area (Å²) in [6, 6.07) is 5.41. The van der Waals surface area contributed by atoms with Crippen molar-refractivity contribution in [1.29, 1.82) is 0 Å². The van der Waals surface area contributed by atoms with Crippen molar-refractivity contribution in [3.8, 4) is 11.4 Å². The van der Waals surface area contributed by atoms with E-state index in [0.717, 1.165) is 10.6 Å². The van der Waals surface area contributed by atoms with Crippen molar-refractivity contribution in [3.63, 3.8) is 0 Å². The lowest BCUT2D eigenvalue weighted by Gasteiger charge is -2.39. The minimum atomic E-state index is -4.53. The number of ether oxygens (including phenoxy) is 2. The van der Waals surface area contributed by atoms with Crippen molar-refractivity contribution >= 4 is 6.03 Å². The van der Waals surface area contributed by atoms with Crippen LogP contribution in [-0.4, -0.2) is 64.5 Å².